The van der Waals surface area contributed by atoms with E-state index in [1.807, 2.05) is 48.5 Å². The maximum Gasteiger partial charge on any atom is 0.323 e. The summed E-state index contributed by atoms with van der Waals surface area (Å²) in [5.41, 5.74) is 5.42. The summed E-state index contributed by atoms with van der Waals surface area (Å²) in [6.07, 6.45) is 3.22. The average molecular weight is 491 g/mol. The summed E-state index contributed by atoms with van der Waals surface area (Å²) in [6.45, 7) is 4.13. The lowest BCUT2D eigenvalue weighted by molar-refractivity contribution is 0.262. The lowest BCUT2D eigenvalue weighted by Gasteiger charge is -2.17. The fourth-order valence-corrected chi connectivity index (χ4v) is 4.25. The van der Waals surface area contributed by atoms with Crippen molar-refractivity contribution in [3.05, 3.63) is 94.1 Å². The maximum absolute atomic E-state index is 13.1. The van der Waals surface area contributed by atoms with Crippen LogP contribution in [-0.2, 0) is 12.8 Å². The van der Waals surface area contributed by atoms with Gasteiger partial charge >= 0.3 is 6.03 Å². The van der Waals surface area contributed by atoms with Crippen molar-refractivity contribution in [1.29, 1.82) is 0 Å². The van der Waals surface area contributed by atoms with E-state index in [2.05, 4.69) is 29.5 Å². The Balaban J connectivity index is 1.72. The molecular formula is C27H24Cl2N4O. The third-order valence-electron chi connectivity index (χ3n) is 5.49. The van der Waals surface area contributed by atoms with E-state index in [1.165, 1.54) is 0 Å². The van der Waals surface area contributed by atoms with Gasteiger partial charge in [0.15, 0.2) is 5.82 Å². The van der Waals surface area contributed by atoms with Crippen LogP contribution >= 0.6 is 23.2 Å². The summed E-state index contributed by atoms with van der Waals surface area (Å²) in [5, 5.41) is 6.88. The van der Waals surface area contributed by atoms with Crippen molar-refractivity contribution < 1.29 is 4.79 Å². The molecule has 2 amide bonds. The van der Waals surface area contributed by atoms with Gasteiger partial charge in [-0.2, -0.15) is 0 Å². The van der Waals surface area contributed by atoms with Gasteiger partial charge in [-0.15, -0.1) is 0 Å². The Bertz CT molecular complexity index is 1300. The molecule has 0 bridgehead atoms. The smallest absolute Gasteiger partial charge is 0.307 e. The minimum Gasteiger partial charge on any atom is -0.307 e. The van der Waals surface area contributed by atoms with Crippen molar-refractivity contribution in [2.45, 2.75) is 26.7 Å². The van der Waals surface area contributed by atoms with Crippen molar-refractivity contribution in [3.63, 3.8) is 0 Å². The van der Waals surface area contributed by atoms with Gasteiger partial charge in [0.2, 0.25) is 0 Å². The number of para-hydroxylation sites is 1. The number of nitrogens with zero attached hydrogens (tertiary/aromatic N) is 2. The topological polar surface area (TPSA) is 66.9 Å². The number of hydrogen-bond donors (Lipinski definition) is 2. The fraction of sp³-hybridized carbons (Fsp3) is 0.148. The van der Waals surface area contributed by atoms with Crippen molar-refractivity contribution >= 4 is 40.6 Å². The number of halogens is 2. The van der Waals surface area contributed by atoms with E-state index in [-0.39, 0.29) is 6.03 Å². The summed E-state index contributed by atoms with van der Waals surface area (Å²) in [6, 6.07) is 20.5. The van der Waals surface area contributed by atoms with Gasteiger partial charge in [0, 0.05) is 21.8 Å². The second kappa shape index (κ2) is 10.7. The highest BCUT2D eigenvalue weighted by Gasteiger charge is 2.17. The van der Waals surface area contributed by atoms with Crippen molar-refractivity contribution in [2.24, 2.45) is 0 Å². The number of urea groups is 1. The van der Waals surface area contributed by atoms with Crippen molar-refractivity contribution in [1.82, 2.24) is 9.97 Å². The van der Waals surface area contributed by atoms with Crippen LogP contribution in [0.3, 0.4) is 0 Å². The van der Waals surface area contributed by atoms with Crippen LogP contribution < -0.4 is 10.6 Å². The molecule has 5 nitrogen and oxygen atoms in total. The summed E-state index contributed by atoms with van der Waals surface area (Å²) < 4.78 is 0. The average Bonchev–Trinajstić information content (AvgIpc) is 2.85. The summed E-state index contributed by atoms with van der Waals surface area (Å²) in [4.78, 5) is 22.3. The van der Waals surface area contributed by atoms with Crippen LogP contribution in [0, 0.1) is 0 Å². The van der Waals surface area contributed by atoms with Gasteiger partial charge in [0.1, 0.15) is 0 Å². The first-order valence-corrected chi connectivity index (χ1v) is 11.8. The molecule has 0 aliphatic rings. The van der Waals surface area contributed by atoms with Crippen LogP contribution in [0.4, 0.5) is 16.2 Å². The largest absolute Gasteiger partial charge is 0.323 e. The molecule has 34 heavy (non-hydrogen) atoms. The second-order valence-corrected chi connectivity index (χ2v) is 8.53. The molecule has 0 radical (unpaired) electrons. The zero-order chi connectivity index (χ0) is 24.1. The molecule has 2 N–H and O–H groups in total. The normalized spacial score (nSPS) is 10.7. The van der Waals surface area contributed by atoms with Gasteiger partial charge in [-0.25, -0.2) is 14.8 Å². The van der Waals surface area contributed by atoms with Crippen LogP contribution in [0.5, 0.6) is 0 Å². The Labute approximate surface area is 209 Å². The molecule has 0 atom stereocenters. The maximum atomic E-state index is 13.1. The predicted molar refractivity (Wildman–Crippen MR) is 141 cm³/mol. The van der Waals surface area contributed by atoms with E-state index in [9.17, 15) is 4.79 Å². The van der Waals surface area contributed by atoms with Gasteiger partial charge in [0.25, 0.3) is 0 Å². The zero-order valence-electron chi connectivity index (χ0n) is 18.9. The highest BCUT2D eigenvalue weighted by atomic mass is 35.5. The number of nitrogens with one attached hydrogen (secondary N) is 2. The van der Waals surface area contributed by atoms with E-state index in [4.69, 9.17) is 28.2 Å². The number of carbonyl (C=O) groups is 1. The molecule has 7 heteroatoms. The molecule has 0 unspecified atom stereocenters. The number of hydrogen-bond acceptors (Lipinski definition) is 3. The summed E-state index contributed by atoms with van der Waals surface area (Å²) in [5.74, 6) is 0.525. The SMILES string of the molecule is CCc1cccc(CC)c1NC(=O)Nc1cnc(-c2ccccc2)nc1-c1ccc(Cl)cc1Cl. The summed E-state index contributed by atoms with van der Waals surface area (Å²) in [7, 11) is 0. The van der Waals surface area contributed by atoms with E-state index in [1.54, 1.807) is 24.4 Å². The number of anilines is 2. The predicted octanol–water partition coefficient (Wildman–Crippen LogP) is 7.89. The molecule has 0 spiro atoms. The van der Waals surface area contributed by atoms with Crippen LogP contribution in [0.15, 0.2) is 72.9 Å². The molecule has 1 aromatic heterocycles. The molecule has 3 aromatic carbocycles. The lowest BCUT2D eigenvalue weighted by Crippen LogP contribution is -2.22. The first kappa shape index (κ1) is 23.7. The molecule has 0 aliphatic carbocycles. The number of carbonyl (C=O) groups excluding carboxylic acids is 1. The summed E-state index contributed by atoms with van der Waals surface area (Å²) >= 11 is 12.6. The fourth-order valence-electron chi connectivity index (χ4n) is 3.76. The number of aromatic nitrogens is 2. The third kappa shape index (κ3) is 5.22. The standard InChI is InChI=1S/C27H24Cl2N4O/c1-3-17-11-8-12-18(4-2)24(17)33-27(34)31-23-16-30-26(19-9-6-5-7-10-19)32-25(23)21-14-13-20(28)15-22(21)29/h5-16H,3-4H2,1-2H3,(H2,31,33,34). The Morgan fingerprint density at radius 1 is 0.882 bits per heavy atom. The third-order valence-corrected chi connectivity index (χ3v) is 6.04. The van der Waals surface area contributed by atoms with Crippen LogP contribution in [-0.4, -0.2) is 16.0 Å². The monoisotopic (exact) mass is 490 g/mol. The van der Waals surface area contributed by atoms with Gasteiger partial charge in [-0.05, 0) is 42.2 Å². The Hall–Kier alpha value is -3.41. The van der Waals surface area contributed by atoms with Crippen molar-refractivity contribution in [3.8, 4) is 22.6 Å². The lowest BCUT2D eigenvalue weighted by atomic mass is 10.0. The van der Waals surface area contributed by atoms with Crippen LogP contribution in [0.2, 0.25) is 10.0 Å². The zero-order valence-corrected chi connectivity index (χ0v) is 20.4. The molecule has 0 fully saturated rings. The van der Waals surface area contributed by atoms with Crippen LogP contribution in [0.1, 0.15) is 25.0 Å². The molecular weight excluding hydrogens is 467 g/mol. The minimum absolute atomic E-state index is 0.377. The molecule has 4 aromatic rings. The van der Waals surface area contributed by atoms with E-state index in [0.717, 1.165) is 35.2 Å². The molecule has 0 saturated heterocycles. The van der Waals surface area contributed by atoms with Gasteiger partial charge in [0.05, 0.1) is 22.6 Å². The Morgan fingerprint density at radius 3 is 2.24 bits per heavy atom. The van der Waals surface area contributed by atoms with E-state index >= 15 is 0 Å². The molecule has 0 saturated carbocycles. The van der Waals surface area contributed by atoms with E-state index < -0.39 is 0 Å². The van der Waals surface area contributed by atoms with Crippen LogP contribution in [0.25, 0.3) is 22.6 Å². The van der Waals surface area contributed by atoms with Gasteiger partial charge in [-0.3, -0.25) is 0 Å². The number of amides is 2. The molecule has 172 valence electrons. The Morgan fingerprint density at radius 2 is 1.59 bits per heavy atom. The molecule has 1 heterocycles. The molecule has 0 aliphatic heterocycles. The Kier molecular flexibility index (Phi) is 7.46. The number of rotatable bonds is 6. The first-order valence-electron chi connectivity index (χ1n) is 11.1. The highest BCUT2D eigenvalue weighted by Crippen LogP contribution is 2.35. The van der Waals surface area contributed by atoms with Crippen molar-refractivity contribution in [2.75, 3.05) is 10.6 Å². The quantitative estimate of drug-likeness (QED) is 0.288. The second-order valence-electron chi connectivity index (χ2n) is 7.68. The molecule has 4 rings (SSSR count). The highest BCUT2D eigenvalue weighted by molar-refractivity contribution is 6.36. The minimum atomic E-state index is -0.377. The van der Waals surface area contributed by atoms with Gasteiger partial charge in [-0.1, -0.05) is 85.6 Å². The number of benzene rings is 3. The first-order chi connectivity index (χ1) is 16.5. The van der Waals surface area contributed by atoms with Gasteiger partial charge < -0.3 is 10.6 Å². The van der Waals surface area contributed by atoms with E-state index in [0.29, 0.717) is 32.8 Å². The number of aryl methyl sites for hydroxylation is 2.